The monoisotopic (exact) mass is 516 g/mol. The average molecular weight is 517 g/mol. The minimum absolute atomic E-state index is 0.532. The topological polar surface area (TPSA) is 55.4 Å². The van der Waals surface area contributed by atoms with Crippen molar-refractivity contribution >= 4 is 0 Å². The van der Waals surface area contributed by atoms with E-state index in [2.05, 4.69) is 31.2 Å². The Morgan fingerprint density at radius 2 is 0.865 bits per heavy atom. The summed E-state index contributed by atoms with van der Waals surface area (Å²) >= 11 is 0. The number of hydrogen-bond donors (Lipinski definition) is 0. The lowest BCUT2D eigenvalue weighted by molar-refractivity contribution is -0.00699. The third kappa shape index (κ3) is 17.9. The van der Waals surface area contributed by atoms with E-state index in [0.717, 1.165) is 17.9 Å². The number of ether oxygens (including phenoxy) is 6. The molecular formula is C31H48O6. The number of hydrogen-bond acceptors (Lipinski definition) is 6. The second-order valence-electron chi connectivity index (χ2n) is 8.97. The van der Waals surface area contributed by atoms with Crippen LogP contribution in [0.3, 0.4) is 0 Å². The van der Waals surface area contributed by atoms with Crippen molar-refractivity contribution in [1.82, 2.24) is 0 Å². The number of unbranched alkanes of at least 4 members (excludes halogenated alkanes) is 6. The van der Waals surface area contributed by atoms with Crippen molar-refractivity contribution in [3.63, 3.8) is 0 Å². The second kappa shape index (κ2) is 23.0. The molecule has 2 aromatic carbocycles. The van der Waals surface area contributed by atoms with E-state index >= 15 is 0 Å². The maximum absolute atomic E-state index is 5.77. The first-order chi connectivity index (χ1) is 18.4. The normalized spacial score (nSPS) is 11.1. The first-order valence-corrected chi connectivity index (χ1v) is 14.1. The van der Waals surface area contributed by atoms with E-state index in [1.807, 2.05) is 30.3 Å². The summed E-state index contributed by atoms with van der Waals surface area (Å²) in [5, 5.41) is 0. The minimum atomic E-state index is 0.532. The van der Waals surface area contributed by atoms with Gasteiger partial charge in [0.15, 0.2) is 0 Å². The Bertz CT molecular complexity index is 737. The van der Waals surface area contributed by atoms with Crippen LogP contribution in [0.25, 0.3) is 0 Å². The maximum Gasteiger partial charge on any atom is 0.119 e. The maximum atomic E-state index is 5.77. The lowest BCUT2D eigenvalue weighted by Gasteiger charge is -2.09. The zero-order valence-corrected chi connectivity index (χ0v) is 22.9. The summed E-state index contributed by atoms with van der Waals surface area (Å²) in [7, 11) is 0. The molecule has 0 saturated heterocycles. The molecule has 0 unspecified atom stereocenters. The Labute approximate surface area is 224 Å². The molecule has 6 heteroatoms. The molecule has 0 bridgehead atoms. The predicted octanol–water partition coefficient (Wildman–Crippen LogP) is 6.50. The largest absolute Gasteiger partial charge is 0.491 e. The molecule has 0 spiro atoms. The van der Waals surface area contributed by atoms with Crippen molar-refractivity contribution in [1.29, 1.82) is 0 Å². The highest BCUT2D eigenvalue weighted by molar-refractivity contribution is 5.27. The van der Waals surface area contributed by atoms with Crippen LogP contribution >= 0.6 is 0 Å². The zero-order valence-electron chi connectivity index (χ0n) is 22.9. The van der Waals surface area contributed by atoms with Gasteiger partial charge in [0.2, 0.25) is 0 Å². The van der Waals surface area contributed by atoms with Crippen molar-refractivity contribution in [2.24, 2.45) is 0 Å². The Hall–Kier alpha value is -2.12. The summed E-state index contributed by atoms with van der Waals surface area (Å²) in [5.74, 6) is 1.75. The fourth-order valence-corrected chi connectivity index (χ4v) is 3.75. The summed E-state index contributed by atoms with van der Waals surface area (Å²) < 4.78 is 33.4. The first kappa shape index (κ1) is 31.1. The van der Waals surface area contributed by atoms with Gasteiger partial charge in [0.05, 0.1) is 52.9 Å². The number of rotatable bonds is 25. The van der Waals surface area contributed by atoms with Crippen LogP contribution in [0, 0.1) is 0 Å². The molecule has 2 rings (SSSR count). The molecule has 0 aliphatic rings. The summed E-state index contributed by atoms with van der Waals surface area (Å²) in [4.78, 5) is 0. The molecule has 0 aromatic heterocycles. The summed E-state index contributed by atoms with van der Waals surface area (Å²) in [6.45, 7) is 7.69. The van der Waals surface area contributed by atoms with Crippen molar-refractivity contribution in [2.75, 3.05) is 66.1 Å². The van der Waals surface area contributed by atoms with E-state index in [-0.39, 0.29) is 0 Å². The van der Waals surface area contributed by atoms with Crippen LogP contribution in [0.4, 0.5) is 0 Å². The molecule has 0 N–H and O–H groups in total. The quantitative estimate of drug-likeness (QED) is 0.140. The Kier molecular flexibility index (Phi) is 19.4. The first-order valence-electron chi connectivity index (χ1n) is 14.1. The molecule has 208 valence electrons. The van der Waals surface area contributed by atoms with Gasteiger partial charge in [0.1, 0.15) is 24.7 Å². The molecule has 0 aliphatic heterocycles. The summed E-state index contributed by atoms with van der Waals surface area (Å²) in [6, 6.07) is 18.2. The number of aryl methyl sites for hydroxylation is 1. The SMILES string of the molecule is CCCCCCCCCc1ccc(OCCOCCOCCOCCOCCOc2ccccc2)cc1. The number of para-hydroxylation sites is 1. The van der Waals surface area contributed by atoms with Gasteiger partial charge in [0, 0.05) is 0 Å². The molecule has 0 aliphatic carbocycles. The molecule has 2 aromatic rings. The van der Waals surface area contributed by atoms with Gasteiger partial charge in [-0.2, -0.15) is 0 Å². The molecule has 0 heterocycles. The van der Waals surface area contributed by atoms with Crippen LogP contribution in [0.15, 0.2) is 54.6 Å². The Morgan fingerprint density at radius 3 is 1.38 bits per heavy atom. The van der Waals surface area contributed by atoms with E-state index in [4.69, 9.17) is 28.4 Å². The third-order valence-electron chi connectivity index (χ3n) is 5.84. The van der Waals surface area contributed by atoms with E-state index in [9.17, 15) is 0 Å². The fourth-order valence-electron chi connectivity index (χ4n) is 3.75. The van der Waals surface area contributed by atoms with Gasteiger partial charge in [-0.05, 0) is 42.7 Å². The van der Waals surface area contributed by atoms with Crippen LogP contribution in [-0.4, -0.2) is 66.1 Å². The smallest absolute Gasteiger partial charge is 0.119 e. The van der Waals surface area contributed by atoms with Gasteiger partial charge in [0.25, 0.3) is 0 Å². The molecule has 0 atom stereocenters. The predicted molar refractivity (Wildman–Crippen MR) is 149 cm³/mol. The highest BCUT2D eigenvalue weighted by atomic mass is 16.6. The summed E-state index contributed by atoms with van der Waals surface area (Å²) in [6.07, 6.45) is 10.6. The van der Waals surface area contributed by atoms with Crippen molar-refractivity contribution in [2.45, 2.75) is 58.3 Å². The van der Waals surface area contributed by atoms with Gasteiger partial charge in [-0.15, -0.1) is 0 Å². The lowest BCUT2D eigenvalue weighted by atomic mass is 10.0. The lowest BCUT2D eigenvalue weighted by Crippen LogP contribution is -2.14. The standard InChI is InChI=1S/C31H48O6/c1-2-3-4-5-6-7-9-12-29-15-17-31(18-16-29)37-28-26-35-24-22-33-20-19-32-21-23-34-25-27-36-30-13-10-8-11-14-30/h8,10-11,13-18H,2-7,9,12,19-28H2,1H3. The highest BCUT2D eigenvalue weighted by Gasteiger charge is 1.98. The molecular weight excluding hydrogens is 468 g/mol. The highest BCUT2D eigenvalue weighted by Crippen LogP contribution is 2.15. The van der Waals surface area contributed by atoms with E-state index < -0.39 is 0 Å². The van der Waals surface area contributed by atoms with E-state index in [1.165, 1.54) is 50.5 Å². The van der Waals surface area contributed by atoms with Crippen LogP contribution in [0.2, 0.25) is 0 Å². The fraction of sp³-hybridized carbons (Fsp3) is 0.613. The van der Waals surface area contributed by atoms with Crippen molar-refractivity contribution < 1.29 is 28.4 Å². The molecule has 0 amide bonds. The van der Waals surface area contributed by atoms with Crippen LogP contribution in [-0.2, 0) is 25.4 Å². The Morgan fingerprint density at radius 1 is 0.432 bits per heavy atom. The van der Waals surface area contributed by atoms with Crippen molar-refractivity contribution in [3.05, 3.63) is 60.2 Å². The van der Waals surface area contributed by atoms with Crippen LogP contribution < -0.4 is 9.47 Å². The minimum Gasteiger partial charge on any atom is -0.491 e. The Balaban J connectivity index is 1.29. The molecule has 37 heavy (non-hydrogen) atoms. The van der Waals surface area contributed by atoms with Gasteiger partial charge >= 0.3 is 0 Å². The van der Waals surface area contributed by atoms with Gasteiger partial charge in [-0.1, -0.05) is 75.8 Å². The van der Waals surface area contributed by atoms with Gasteiger partial charge in [-0.3, -0.25) is 0 Å². The molecule has 0 fully saturated rings. The number of benzene rings is 2. The zero-order chi connectivity index (χ0) is 26.1. The van der Waals surface area contributed by atoms with Crippen LogP contribution in [0.5, 0.6) is 11.5 Å². The van der Waals surface area contributed by atoms with E-state index in [1.54, 1.807) is 0 Å². The van der Waals surface area contributed by atoms with E-state index in [0.29, 0.717) is 66.1 Å². The molecule has 0 radical (unpaired) electrons. The van der Waals surface area contributed by atoms with Crippen LogP contribution in [0.1, 0.15) is 57.4 Å². The average Bonchev–Trinajstić information content (AvgIpc) is 2.93. The molecule has 0 saturated carbocycles. The van der Waals surface area contributed by atoms with Gasteiger partial charge in [-0.25, -0.2) is 0 Å². The van der Waals surface area contributed by atoms with Gasteiger partial charge < -0.3 is 28.4 Å². The molecule has 6 nitrogen and oxygen atoms in total. The summed E-state index contributed by atoms with van der Waals surface area (Å²) in [5.41, 5.74) is 1.39. The third-order valence-corrected chi connectivity index (χ3v) is 5.84. The second-order valence-corrected chi connectivity index (χ2v) is 8.97. The van der Waals surface area contributed by atoms with Crippen molar-refractivity contribution in [3.8, 4) is 11.5 Å².